The Labute approximate surface area is 227 Å². The summed E-state index contributed by atoms with van der Waals surface area (Å²) in [5.41, 5.74) is 10.5. The predicted molar refractivity (Wildman–Crippen MR) is 153 cm³/mol. The van der Waals surface area contributed by atoms with E-state index >= 15 is 0 Å². The fraction of sp³-hybridized carbons (Fsp3) is 0.323. The fourth-order valence-electron chi connectivity index (χ4n) is 4.56. The summed E-state index contributed by atoms with van der Waals surface area (Å²) in [7, 11) is 0. The van der Waals surface area contributed by atoms with E-state index in [2.05, 4.69) is 33.8 Å². The number of hydrogen-bond donors (Lipinski definition) is 1. The molecule has 0 radical (unpaired) electrons. The van der Waals surface area contributed by atoms with Gasteiger partial charge >= 0.3 is 5.97 Å². The number of ether oxygens (including phenoxy) is 1. The number of nitriles is 1. The minimum atomic E-state index is -0.747. The molecule has 0 saturated heterocycles. The third-order valence-electron chi connectivity index (χ3n) is 6.67. The van der Waals surface area contributed by atoms with Crippen LogP contribution >= 0.6 is 11.3 Å². The Kier molecular flexibility index (Phi) is 7.75. The second-order valence-electron chi connectivity index (χ2n) is 10.4. The Hall–Kier alpha value is -3.89. The summed E-state index contributed by atoms with van der Waals surface area (Å²) in [4.78, 5) is 27.1. The number of thiazole rings is 1. The van der Waals surface area contributed by atoms with Gasteiger partial charge in [-0.1, -0.05) is 76.2 Å². The van der Waals surface area contributed by atoms with E-state index in [0.717, 1.165) is 16.7 Å². The van der Waals surface area contributed by atoms with Gasteiger partial charge in [0.15, 0.2) is 0 Å². The van der Waals surface area contributed by atoms with Crippen LogP contribution in [0.1, 0.15) is 81.5 Å². The van der Waals surface area contributed by atoms with E-state index in [9.17, 15) is 14.9 Å². The number of nitrogens with two attached hydrogens (primary N) is 1. The predicted octanol–water partition coefficient (Wildman–Crippen LogP) is 4.54. The number of benzene rings is 2. The Morgan fingerprint density at radius 1 is 1.00 bits per heavy atom. The summed E-state index contributed by atoms with van der Waals surface area (Å²) in [6.45, 7) is 12.0. The average molecular weight is 528 g/mol. The van der Waals surface area contributed by atoms with E-state index in [0.29, 0.717) is 21.0 Å². The molecule has 2 heterocycles. The molecule has 1 aromatic heterocycles. The van der Waals surface area contributed by atoms with Crippen LogP contribution in [0, 0.1) is 11.3 Å². The van der Waals surface area contributed by atoms with Crippen molar-refractivity contribution < 1.29 is 9.53 Å². The molecule has 6 nitrogen and oxygen atoms in total. The molecule has 2 aromatic carbocycles. The van der Waals surface area contributed by atoms with Crippen LogP contribution in [0.15, 0.2) is 58.9 Å². The number of nitrogens with zero attached hydrogens (tertiary/aromatic N) is 2. The van der Waals surface area contributed by atoms with Gasteiger partial charge in [0.05, 0.1) is 33.8 Å². The maximum atomic E-state index is 13.6. The number of esters is 1. The van der Waals surface area contributed by atoms with Crippen molar-refractivity contribution in [1.82, 2.24) is 4.57 Å². The molecule has 38 heavy (non-hydrogen) atoms. The zero-order chi connectivity index (χ0) is 27.7. The van der Waals surface area contributed by atoms with Crippen molar-refractivity contribution in [3.8, 4) is 6.07 Å². The molecule has 4 rings (SSSR count). The van der Waals surface area contributed by atoms with Crippen molar-refractivity contribution >= 4 is 34.8 Å². The van der Waals surface area contributed by atoms with E-state index < -0.39 is 11.9 Å². The Morgan fingerprint density at radius 3 is 2.05 bits per heavy atom. The molecule has 0 saturated carbocycles. The third kappa shape index (κ3) is 5.09. The molecule has 3 aromatic rings. The van der Waals surface area contributed by atoms with Gasteiger partial charge in [0.25, 0.3) is 5.56 Å². The number of carbonyl (C=O) groups excluding carboxylic acids is 1. The van der Waals surface area contributed by atoms with Crippen molar-refractivity contribution in [2.45, 2.75) is 65.4 Å². The smallest absolute Gasteiger partial charge is 0.338 e. The molecule has 0 bridgehead atoms. The van der Waals surface area contributed by atoms with Gasteiger partial charge in [-0.05, 0) is 54.0 Å². The summed E-state index contributed by atoms with van der Waals surface area (Å²) < 4.78 is 7.72. The number of allylic oxidation sites excluding steroid dienone is 1. The second kappa shape index (κ2) is 10.8. The van der Waals surface area contributed by atoms with Crippen LogP contribution in [-0.2, 0) is 9.53 Å². The standard InChI is InChI=1S/C31H33N3O3S/c1-17(2)21-9-7-20(8-10-21)15-25-29(35)34-28(33)24(16-32)26(23-13-11-22(12-14-23)18(3)4)27(30(34)38-25)31(36)37-19(5)6/h7-15,17-19,26H,33H2,1-6H3/b25-15-/t26-/m0/s1. The highest BCUT2D eigenvalue weighted by Gasteiger charge is 2.36. The molecule has 7 heteroatoms. The summed E-state index contributed by atoms with van der Waals surface area (Å²) >= 11 is 1.19. The van der Waals surface area contributed by atoms with Gasteiger partial charge in [-0.2, -0.15) is 5.26 Å². The van der Waals surface area contributed by atoms with Crippen LogP contribution in [0.2, 0.25) is 0 Å². The van der Waals surface area contributed by atoms with Gasteiger partial charge in [0, 0.05) is 0 Å². The highest BCUT2D eigenvalue weighted by Crippen LogP contribution is 2.37. The Bertz CT molecular complexity index is 1610. The molecule has 1 aliphatic rings. The number of carbonyl (C=O) groups is 1. The van der Waals surface area contributed by atoms with E-state index in [-0.39, 0.29) is 28.6 Å². The quantitative estimate of drug-likeness (QED) is 0.475. The second-order valence-corrected chi connectivity index (χ2v) is 11.4. The van der Waals surface area contributed by atoms with E-state index in [1.165, 1.54) is 21.5 Å². The van der Waals surface area contributed by atoms with Crippen LogP contribution in [0.4, 0.5) is 0 Å². The zero-order valence-corrected chi connectivity index (χ0v) is 23.4. The third-order valence-corrected chi connectivity index (χ3v) is 7.78. The summed E-state index contributed by atoms with van der Waals surface area (Å²) in [6, 6.07) is 18.0. The van der Waals surface area contributed by atoms with Crippen molar-refractivity contribution in [1.29, 1.82) is 5.26 Å². The molecule has 0 aliphatic carbocycles. The Morgan fingerprint density at radius 2 is 1.55 bits per heavy atom. The molecular weight excluding hydrogens is 494 g/mol. The van der Waals surface area contributed by atoms with Gasteiger partial charge in [0.1, 0.15) is 10.5 Å². The number of rotatable bonds is 6. The van der Waals surface area contributed by atoms with Crippen LogP contribution in [0.25, 0.3) is 17.5 Å². The lowest BCUT2D eigenvalue weighted by Gasteiger charge is -2.25. The van der Waals surface area contributed by atoms with Crippen molar-refractivity contribution in [2.75, 3.05) is 0 Å². The van der Waals surface area contributed by atoms with Crippen LogP contribution in [-0.4, -0.2) is 16.6 Å². The SMILES string of the molecule is CC(C)OC(=O)C1=c2s/c(=C\c3ccc(C(C)C)cc3)c(=O)n2C(N)=C(C#N)[C@@H]1c1ccc(C(C)C)cc1. The molecule has 0 unspecified atom stereocenters. The van der Waals surface area contributed by atoms with Crippen molar-refractivity contribution in [3.05, 3.63) is 95.9 Å². The lowest BCUT2D eigenvalue weighted by Crippen LogP contribution is -2.40. The zero-order valence-electron chi connectivity index (χ0n) is 22.6. The first-order valence-electron chi connectivity index (χ1n) is 12.8. The first-order chi connectivity index (χ1) is 18.0. The Balaban J connectivity index is 2.01. The highest BCUT2D eigenvalue weighted by molar-refractivity contribution is 7.07. The van der Waals surface area contributed by atoms with E-state index in [1.54, 1.807) is 19.9 Å². The maximum absolute atomic E-state index is 13.6. The first-order valence-corrected chi connectivity index (χ1v) is 13.6. The lowest BCUT2D eigenvalue weighted by molar-refractivity contribution is -0.140. The molecule has 1 aliphatic heterocycles. The number of fused-ring (bicyclic) bond motifs is 1. The van der Waals surface area contributed by atoms with Crippen LogP contribution in [0.5, 0.6) is 0 Å². The summed E-state index contributed by atoms with van der Waals surface area (Å²) in [5, 5.41) is 10.2. The molecule has 1 atom stereocenters. The largest absolute Gasteiger partial charge is 0.460 e. The van der Waals surface area contributed by atoms with Gasteiger partial charge in [0.2, 0.25) is 0 Å². The van der Waals surface area contributed by atoms with E-state index in [1.807, 2.05) is 48.5 Å². The molecule has 0 spiro atoms. The van der Waals surface area contributed by atoms with Gasteiger partial charge in [-0.15, -0.1) is 11.3 Å². The van der Waals surface area contributed by atoms with E-state index in [4.69, 9.17) is 10.5 Å². The molecule has 0 fully saturated rings. The lowest BCUT2D eigenvalue weighted by atomic mass is 9.83. The molecule has 0 amide bonds. The number of hydrogen-bond acceptors (Lipinski definition) is 6. The monoisotopic (exact) mass is 527 g/mol. The van der Waals surface area contributed by atoms with Gasteiger partial charge in [-0.25, -0.2) is 4.79 Å². The minimum Gasteiger partial charge on any atom is -0.460 e. The molecule has 196 valence electrons. The average Bonchev–Trinajstić information content (AvgIpc) is 3.19. The topological polar surface area (TPSA) is 98.1 Å². The van der Waals surface area contributed by atoms with Crippen LogP contribution in [0.3, 0.4) is 0 Å². The first kappa shape index (κ1) is 27.2. The summed E-state index contributed by atoms with van der Waals surface area (Å²) in [6.07, 6.45) is 1.41. The summed E-state index contributed by atoms with van der Waals surface area (Å²) in [5.74, 6) is -0.549. The number of aromatic nitrogens is 1. The highest BCUT2D eigenvalue weighted by atomic mass is 32.1. The maximum Gasteiger partial charge on any atom is 0.338 e. The molecule has 2 N–H and O–H groups in total. The van der Waals surface area contributed by atoms with Gasteiger partial charge < -0.3 is 10.5 Å². The fourth-order valence-corrected chi connectivity index (χ4v) is 5.72. The molecular formula is C31H33N3O3S. The van der Waals surface area contributed by atoms with Crippen molar-refractivity contribution in [3.63, 3.8) is 0 Å². The van der Waals surface area contributed by atoms with Crippen molar-refractivity contribution in [2.24, 2.45) is 5.73 Å². The normalized spacial score (nSPS) is 15.8. The van der Waals surface area contributed by atoms with Gasteiger partial charge in [-0.3, -0.25) is 9.36 Å². The minimum absolute atomic E-state index is 0.0394. The van der Waals surface area contributed by atoms with Crippen LogP contribution < -0.4 is 20.5 Å².